The van der Waals surface area contributed by atoms with E-state index in [4.69, 9.17) is 10.2 Å². The lowest BCUT2D eigenvalue weighted by atomic mass is 10.0. The van der Waals surface area contributed by atoms with Crippen LogP contribution < -0.4 is 5.73 Å². The molecule has 2 aromatic rings. The van der Waals surface area contributed by atoms with Crippen LogP contribution in [0.4, 0.5) is 8.78 Å². The van der Waals surface area contributed by atoms with Crippen LogP contribution >= 0.6 is 31.9 Å². The number of hydrogen-bond acceptors (Lipinski definition) is 2. The summed E-state index contributed by atoms with van der Waals surface area (Å²) < 4.78 is 32.5. The molecule has 0 spiro atoms. The predicted molar refractivity (Wildman–Crippen MR) is 66.5 cm³/mol. The van der Waals surface area contributed by atoms with Crippen LogP contribution in [0, 0.1) is 11.6 Å². The second kappa shape index (κ2) is 4.88. The minimum Gasteiger partial charge on any atom is -0.457 e. The maximum Gasteiger partial charge on any atom is 0.174 e. The second-order valence-corrected chi connectivity index (χ2v) is 4.99. The molecule has 0 saturated carbocycles. The van der Waals surface area contributed by atoms with Crippen molar-refractivity contribution in [1.29, 1.82) is 0 Å². The van der Waals surface area contributed by atoms with E-state index in [-0.39, 0.29) is 10.0 Å². The molecule has 1 aromatic heterocycles. The highest BCUT2D eigenvalue weighted by Gasteiger charge is 2.19. The Bertz CT molecular complexity index is 556. The first kappa shape index (κ1) is 12.7. The van der Waals surface area contributed by atoms with E-state index >= 15 is 0 Å². The van der Waals surface area contributed by atoms with Gasteiger partial charge < -0.3 is 10.2 Å². The fraction of sp³-hybridized carbons (Fsp3) is 0.0909. The number of nitrogens with two attached hydrogens (primary N) is 1. The average Bonchev–Trinajstić information content (AvgIpc) is 2.69. The van der Waals surface area contributed by atoms with Crippen molar-refractivity contribution in [2.45, 2.75) is 6.04 Å². The van der Waals surface area contributed by atoms with Crippen LogP contribution in [0.5, 0.6) is 0 Å². The first-order chi connectivity index (χ1) is 8.00. The fourth-order valence-corrected chi connectivity index (χ4v) is 2.27. The van der Waals surface area contributed by atoms with E-state index in [9.17, 15) is 8.78 Å². The largest absolute Gasteiger partial charge is 0.457 e. The zero-order chi connectivity index (χ0) is 12.6. The molecule has 0 saturated heterocycles. The topological polar surface area (TPSA) is 39.2 Å². The van der Waals surface area contributed by atoms with Crippen LogP contribution in [0.1, 0.15) is 17.2 Å². The maximum absolute atomic E-state index is 13.7. The Balaban J connectivity index is 2.48. The van der Waals surface area contributed by atoms with E-state index in [0.717, 1.165) is 12.1 Å². The summed E-state index contributed by atoms with van der Waals surface area (Å²) in [5.74, 6) is -1.13. The van der Waals surface area contributed by atoms with Gasteiger partial charge in [0, 0.05) is 11.1 Å². The molecule has 6 heteroatoms. The van der Waals surface area contributed by atoms with Crippen molar-refractivity contribution in [3.63, 3.8) is 0 Å². The van der Waals surface area contributed by atoms with Gasteiger partial charge in [0.1, 0.15) is 11.6 Å². The molecule has 17 heavy (non-hydrogen) atoms. The Morgan fingerprint density at radius 3 is 2.41 bits per heavy atom. The molecular formula is C11H7Br2F2NO. The van der Waals surface area contributed by atoms with Gasteiger partial charge in [0.15, 0.2) is 4.67 Å². The fourth-order valence-electron chi connectivity index (χ4n) is 1.47. The van der Waals surface area contributed by atoms with Crippen LogP contribution in [0.15, 0.2) is 38.0 Å². The summed E-state index contributed by atoms with van der Waals surface area (Å²) in [7, 11) is 0. The van der Waals surface area contributed by atoms with E-state index < -0.39 is 17.7 Å². The Kier molecular flexibility index (Phi) is 3.65. The smallest absolute Gasteiger partial charge is 0.174 e. The van der Waals surface area contributed by atoms with Gasteiger partial charge in [-0.1, -0.05) is 0 Å². The maximum atomic E-state index is 13.7. The van der Waals surface area contributed by atoms with Crippen LogP contribution in [-0.4, -0.2) is 0 Å². The zero-order valence-electron chi connectivity index (χ0n) is 8.38. The summed E-state index contributed by atoms with van der Waals surface area (Å²) in [5.41, 5.74) is 6.51. The highest BCUT2D eigenvalue weighted by Crippen LogP contribution is 2.31. The Morgan fingerprint density at radius 1 is 1.12 bits per heavy atom. The number of halogens is 4. The van der Waals surface area contributed by atoms with E-state index in [1.807, 2.05) is 0 Å². The van der Waals surface area contributed by atoms with Gasteiger partial charge in [0.2, 0.25) is 0 Å². The Hall–Kier alpha value is -0.720. The van der Waals surface area contributed by atoms with E-state index in [1.165, 1.54) is 6.26 Å². The van der Waals surface area contributed by atoms with Crippen molar-refractivity contribution >= 4 is 31.9 Å². The lowest BCUT2D eigenvalue weighted by molar-refractivity contribution is 0.531. The van der Waals surface area contributed by atoms with Crippen LogP contribution in [0.3, 0.4) is 0 Å². The van der Waals surface area contributed by atoms with Crippen molar-refractivity contribution in [3.05, 3.63) is 56.4 Å². The molecule has 2 rings (SSSR count). The molecule has 0 amide bonds. The summed E-state index contributed by atoms with van der Waals surface area (Å²) in [5, 5.41) is 0. The molecule has 1 atom stereocenters. The van der Waals surface area contributed by atoms with Gasteiger partial charge in [0.05, 0.1) is 16.8 Å². The summed E-state index contributed by atoms with van der Waals surface area (Å²) in [4.78, 5) is 0. The molecule has 0 bridgehead atoms. The highest BCUT2D eigenvalue weighted by atomic mass is 79.9. The third kappa shape index (κ3) is 2.43. The minimum atomic E-state index is -0.786. The van der Waals surface area contributed by atoms with Gasteiger partial charge >= 0.3 is 0 Å². The zero-order valence-corrected chi connectivity index (χ0v) is 11.6. The van der Waals surface area contributed by atoms with Crippen molar-refractivity contribution < 1.29 is 13.2 Å². The molecular weight excluding hydrogens is 360 g/mol. The van der Waals surface area contributed by atoms with E-state index in [1.54, 1.807) is 6.07 Å². The van der Waals surface area contributed by atoms with Gasteiger partial charge in [-0.2, -0.15) is 0 Å². The molecule has 1 unspecified atom stereocenters. The van der Waals surface area contributed by atoms with Crippen LogP contribution in [-0.2, 0) is 0 Å². The van der Waals surface area contributed by atoms with Gasteiger partial charge in [-0.05, 0) is 50.1 Å². The Labute approximate surface area is 113 Å². The van der Waals surface area contributed by atoms with Gasteiger partial charge in [-0.25, -0.2) is 8.78 Å². The average molecular weight is 367 g/mol. The molecule has 1 heterocycles. The minimum absolute atomic E-state index is 0.0669. The molecule has 0 fully saturated rings. The lowest BCUT2D eigenvalue weighted by Gasteiger charge is -2.12. The summed E-state index contributed by atoms with van der Waals surface area (Å²) >= 11 is 6.06. The van der Waals surface area contributed by atoms with Crippen molar-refractivity contribution in [3.8, 4) is 0 Å². The lowest BCUT2D eigenvalue weighted by Crippen LogP contribution is -2.14. The molecule has 0 aliphatic rings. The van der Waals surface area contributed by atoms with Gasteiger partial charge in [-0.15, -0.1) is 0 Å². The van der Waals surface area contributed by atoms with Crippen LogP contribution in [0.2, 0.25) is 0 Å². The first-order valence-corrected chi connectivity index (χ1v) is 6.22. The SMILES string of the molecule is NC(c1cc(F)c(Br)cc1F)c1ccoc1Br. The second-order valence-electron chi connectivity index (χ2n) is 3.42. The third-order valence-corrected chi connectivity index (χ3v) is 3.61. The number of hydrogen-bond donors (Lipinski definition) is 1. The van der Waals surface area contributed by atoms with Crippen molar-refractivity contribution in [2.24, 2.45) is 5.73 Å². The van der Waals surface area contributed by atoms with Crippen molar-refractivity contribution in [2.75, 3.05) is 0 Å². The molecule has 2 N–H and O–H groups in total. The summed E-state index contributed by atoms with van der Waals surface area (Å²) in [6.45, 7) is 0. The molecule has 90 valence electrons. The Morgan fingerprint density at radius 2 is 1.82 bits per heavy atom. The molecule has 2 nitrogen and oxygen atoms in total. The molecule has 0 radical (unpaired) electrons. The number of benzene rings is 1. The number of rotatable bonds is 2. The van der Waals surface area contributed by atoms with Crippen LogP contribution in [0.25, 0.3) is 0 Å². The predicted octanol–water partition coefficient (Wildman–Crippen LogP) is 4.13. The molecule has 0 aliphatic carbocycles. The first-order valence-electron chi connectivity index (χ1n) is 4.63. The number of furan rings is 1. The molecule has 1 aromatic carbocycles. The standard InChI is InChI=1S/C11H7Br2F2NO/c12-7-4-8(14)6(3-9(7)15)10(16)5-1-2-17-11(5)13/h1-4,10H,16H2. The van der Waals surface area contributed by atoms with E-state index in [0.29, 0.717) is 10.2 Å². The summed E-state index contributed by atoms with van der Waals surface area (Å²) in [6, 6.07) is 2.95. The van der Waals surface area contributed by atoms with Crippen molar-refractivity contribution in [1.82, 2.24) is 0 Å². The summed E-state index contributed by atoms with van der Waals surface area (Å²) in [6.07, 6.45) is 1.42. The van der Waals surface area contributed by atoms with E-state index in [2.05, 4.69) is 31.9 Å². The third-order valence-electron chi connectivity index (χ3n) is 2.36. The van der Waals surface area contributed by atoms with Gasteiger partial charge in [-0.3, -0.25) is 0 Å². The van der Waals surface area contributed by atoms with Gasteiger partial charge in [0.25, 0.3) is 0 Å². The highest BCUT2D eigenvalue weighted by molar-refractivity contribution is 9.10. The molecule has 0 aliphatic heterocycles. The monoisotopic (exact) mass is 365 g/mol. The quantitative estimate of drug-likeness (QED) is 0.811. The normalized spacial score (nSPS) is 12.8.